The highest BCUT2D eigenvalue weighted by atomic mass is 35.5. The van der Waals surface area contributed by atoms with Crippen molar-refractivity contribution >= 4 is 33.0 Å². The SMILES string of the molecule is CC1CN(Cc2sc3ccccc3c2Cl)CC1N. The average Bonchev–Trinajstić information content (AvgIpc) is 2.83. The van der Waals surface area contributed by atoms with Gasteiger partial charge in [0.1, 0.15) is 0 Å². The van der Waals surface area contributed by atoms with Gasteiger partial charge in [-0.1, -0.05) is 36.7 Å². The van der Waals surface area contributed by atoms with E-state index in [2.05, 4.69) is 30.0 Å². The number of hydrogen-bond acceptors (Lipinski definition) is 3. The molecular weight excluding hydrogens is 264 g/mol. The molecule has 3 rings (SSSR count). The summed E-state index contributed by atoms with van der Waals surface area (Å²) in [5, 5.41) is 2.10. The van der Waals surface area contributed by atoms with Crippen LogP contribution in [0.4, 0.5) is 0 Å². The Balaban J connectivity index is 1.85. The predicted octanol–water partition coefficient (Wildman–Crippen LogP) is 3.33. The van der Waals surface area contributed by atoms with Crippen LogP contribution >= 0.6 is 22.9 Å². The Bertz CT molecular complexity index is 556. The van der Waals surface area contributed by atoms with Crippen molar-refractivity contribution in [3.05, 3.63) is 34.2 Å². The lowest BCUT2D eigenvalue weighted by Gasteiger charge is -2.13. The van der Waals surface area contributed by atoms with Crippen molar-refractivity contribution in [3.8, 4) is 0 Å². The molecule has 4 heteroatoms. The maximum atomic E-state index is 6.46. The molecule has 0 radical (unpaired) electrons. The van der Waals surface area contributed by atoms with E-state index in [1.54, 1.807) is 11.3 Å². The number of nitrogens with two attached hydrogens (primary N) is 1. The largest absolute Gasteiger partial charge is 0.326 e. The highest BCUT2D eigenvalue weighted by Crippen LogP contribution is 2.36. The molecule has 0 saturated carbocycles. The molecule has 1 fully saturated rings. The van der Waals surface area contributed by atoms with Crippen LogP contribution < -0.4 is 5.73 Å². The summed E-state index contributed by atoms with van der Waals surface area (Å²) in [6.45, 7) is 5.20. The highest BCUT2D eigenvalue weighted by molar-refractivity contribution is 7.19. The smallest absolute Gasteiger partial charge is 0.0637 e. The average molecular weight is 281 g/mol. The zero-order valence-electron chi connectivity index (χ0n) is 10.4. The number of likely N-dealkylation sites (tertiary alicyclic amines) is 1. The zero-order valence-corrected chi connectivity index (χ0v) is 12.0. The first-order chi connectivity index (χ1) is 8.65. The van der Waals surface area contributed by atoms with E-state index in [1.165, 1.54) is 15.0 Å². The van der Waals surface area contributed by atoms with Gasteiger partial charge in [-0.3, -0.25) is 4.90 Å². The molecular formula is C14H17ClN2S. The van der Waals surface area contributed by atoms with Gasteiger partial charge in [0.05, 0.1) is 5.02 Å². The van der Waals surface area contributed by atoms with Gasteiger partial charge in [0.2, 0.25) is 0 Å². The second-order valence-corrected chi connectivity index (χ2v) is 6.69. The van der Waals surface area contributed by atoms with Crippen molar-refractivity contribution in [1.82, 2.24) is 4.90 Å². The van der Waals surface area contributed by atoms with Crippen molar-refractivity contribution in [3.63, 3.8) is 0 Å². The topological polar surface area (TPSA) is 29.3 Å². The Morgan fingerprint density at radius 1 is 1.39 bits per heavy atom. The third-order valence-electron chi connectivity index (χ3n) is 3.71. The Labute approximate surface area is 116 Å². The van der Waals surface area contributed by atoms with Crippen molar-refractivity contribution in [2.75, 3.05) is 13.1 Å². The van der Waals surface area contributed by atoms with Crippen molar-refractivity contribution in [1.29, 1.82) is 0 Å². The van der Waals surface area contributed by atoms with Crippen LogP contribution in [0.3, 0.4) is 0 Å². The van der Waals surface area contributed by atoms with Gasteiger partial charge in [0.15, 0.2) is 0 Å². The molecule has 1 aromatic carbocycles. The Morgan fingerprint density at radius 2 is 2.17 bits per heavy atom. The van der Waals surface area contributed by atoms with Gasteiger partial charge < -0.3 is 5.73 Å². The number of halogens is 1. The third-order valence-corrected chi connectivity index (χ3v) is 5.41. The van der Waals surface area contributed by atoms with Crippen LogP contribution in [-0.4, -0.2) is 24.0 Å². The van der Waals surface area contributed by atoms with E-state index < -0.39 is 0 Å². The molecule has 1 aromatic heterocycles. The van der Waals surface area contributed by atoms with Gasteiger partial charge in [-0.2, -0.15) is 0 Å². The van der Waals surface area contributed by atoms with E-state index in [1.807, 2.05) is 6.07 Å². The van der Waals surface area contributed by atoms with Gasteiger partial charge >= 0.3 is 0 Å². The second kappa shape index (κ2) is 4.82. The van der Waals surface area contributed by atoms with Gasteiger partial charge in [-0.05, 0) is 12.0 Å². The van der Waals surface area contributed by atoms with E-state index in [0.717, 1.165) is 24.7 Å². The minimum Gasteiger partial charge on any atom is -0.326 e. The maximum absolute atomic E-state index is 6.46. The fraction of sp³-hybridized carbons (Fsp3) is 0.429. The summed E-state index contributed by atoms with van der Waals surface area (Å²) in [6, 6.07) is 8.63. The molecule has 0 spiro atoms. The van der Waals surface area contributed by atoms with Crippen LogP contribution in [-0.2, 0) is 6.54 Å². The molecule has 0 aliphatic carbocycles. The van der Waals surface area contributed by atoms with Crippen LogP contribution in [0.2, 0.25) is 5.02 Å². The molecule has 2 nitrogen and oxygen atoms in total. The summed E-state index contributed by atoms with van der Waals surface area (Å²) >= 11 is 8.26. The molecule has 2 heterocycles. The first kappa shape index (κ1) is 12.4. The minimum atomic E-state index is 0.304. The van der Waals surface area contributed by atoms with Gasteiger partial charge in [0.25, 0.3) is 0 Å². The fourth-order valence-corrected chi connectivity index (χ4v) is 4.13. The minimum absolute atomic E-state index is 0.304. The van der Waals surface area contributed by atoms with Gasteiger partial charge in [0, 0.05) is 40.6 Å². The lowest BCUT2D eigenvalue weighted by Crippen LogP contribution is -2.28. The van der Waals surface area contributed by atoms with Crippen LogP contribution in [0, 0.1) is 5.92 Å². The molecule has 96 valence electrons. The standard InChI is InChI=1S/C14H17ClN2S/c1-9-6-17(7-11(9)16)8-13-14(15)10-4-2-3-5-12(10)18-13/h2-5,9,11H,6-8,16H2,1H3. The molecule has 2 atom stereocenters. The summed E-state index contributed by atoms with van der Waals surface area (Å²) in [5.74, 6) is 0.582. The number of benzene rings is 1. The van der Waals surface area contributed by atoms with E-state index in [9.17, 15) is 0 Å². The molecule has 2 N–H and O–H groups in total. The van der Waals surface area contributed by atoms with Gasteiger partial charge in [-0.25, -0.2) is 0 Å². The second-order valence-electron chi connectivity index (χ2n) is 5.17. The maximum Gasteiger partial charge on any atom is 0.0637 e. The van der Waals surface area contributed by atoms with Crippen molar-refractivity contribution in [2.45, 2.75) is 19.5 Å². The Morgan fingerprint density at radius 3 is 2.83 bits per heavy atom. The van der Waals surface area contributed by atoms with Crippen LogP contribution in [0.1, 0.15) is 11.8 Å². The zero-order chi connectivity index (χ0) is 12.7. The number of rotatable bonds is 2. The Hall–Kier alpha value is -0.610. The van der Waals surface area contributed by atoms with Crippen LogP contribution in [0.5, 0.6) is 0 Å². The predicted molar refractivity (Wildman–Crippen MR) is 79.3 cm³/mol. The quantitative estimate of drug-likeness (QED) is 0.914. The van der Waals surface area contributed by atoms with E-state index in [4.69, 9.17) is 17.3 Å². The fourth-order valence-electron chi connectivity index (χ4n) is 2.59. The Kier molecular flexibility index (Phi) is 3.32. The number of thiophene rings is 1. The van der Waals surface area contributed by atoms with Crippen LogP contribution in [0.25, 0.3) is 10.1 Å². The molecule has 0 bridgehead atoms. The normalized spacial score (nSPS) is 25.1. The molecule has 1 saturated heterocycles. The first-order valence-corrected chi connectivity index (χ1v) is 7.48. The molecule has 1 aliphatic rings. The number of nitrogens with zero attached hydrogens (tertiary/aromatic N) is 1. The van der Waals surface area contributed by atoms with E-state index >= 15 is 0 Å². The lowest BCUT2D eigenvalue weighted by atomic mass is 10.1. The highest BCUT2D eigenvalue weighted by Gasteiger charge is 2.27. The molecule has 18 heavy (non-hydrogen) atoms. The van der Waals surface area contributed by atoms with Crippen molar-refractivity contribution in [2.24, 2.45) is 11.7 Å². The van der Waals surface area contributed by atoms with Gasteiger partial charge in [-0.15, -0.1) is 11.3 Å². The van der Waals surface area contributed by atoms with Crippen molar-refractivity contribution < 1.29 is 0 Å². The van der Waals surface area contributed by atoms with Crippen LogP contribution in [0.15, 0.2) is 24.3 Å². The monoisotopic (exact) mass is 280 g/mol. The summed E-state index contributed by atoms with van der Waals surface area (Å²) in [5.41, 5.74) is 6.06. The summed E-state index contributed by atoms with van der Waals surface area (Å²) in [7, 11) is 0. The van der Waals surface area contributed by atoms with E-state index in [-0.39, 0.29) is 0 Å². The molecule has 1 aliphatic heterocycles. The molecule has 2 unspecified atom stereocenters. The lowest BCUT2D eigenvalue weighted by molar-refractivity contribution is 0.322. The molecule has 0 amide bonds. The third kappa shape index (κ3) is 2.16. The summed E-state index contributed by atoms with van der Waals surface area (Å²) in [4.78, 5) is 3.67. The van der Waals surface area contributed by atoms with E-state index in [0.29, 0.717) is 12.0 Å². The first-order valence-electron chi connectivity index (χ1n) is 6.29. The summed E-state index contributed by atoms with van der Waals surface area (Å²) < 4.78 is 1.27. The number of hydrogen-bond donors (Lipinski definition) is 1. The molecule has 2 aromatic rings. The number of fused-ring (bicyclic) bond motifs is 1. The summed E-state index contributed by atoms with van der Waals surface area (Å²) in [6.07, 6.45) is 0.